The molecule has 2 amide bonds. The number of allylic oxidation sites excluding steroid dienone is 2. The van der Waals surface area contributed by atoms with Crippen molar-refractivity contribution in [2.45, 2.75) is 17.8 Å². The van der Waals surface area contributed by atoms with Gasteiger partial charge in [-0.05, 0) is 45.9 Å². The van der Waals surface area contributed by atoms with Gasteiger partial charge in [0.05, 0.1) is 33.3 Å². The van der Waals surface area contributed by atoms with E-state index in [0.29, 0.717) is 27.8 Å². The molecule has 8 rings (SSSR count). The predicted octanol–water partition coefficient (Wildman–Crippen LogP) is 7.09. The molecule has 3 aliphatic rings. The first kappa shape index (κ1) is 28.5. The number of amides is 2. The summed E-state index contributed by atoms with van der Waals surface area (Å²) in [6, 6.07) is 42.0. The quantitative estimate of drug-likeness (QED) is 0.115. The number of hydrogen-bond acceptors (Lipinski definition) is 5. The number of anilines is 1. The average molecular weight is 617 g/mol. The number of ketones is 1. The zero-order chi connectivity index (χ0) is 32.5. The summed E-state index contributed by atoms with van der Waals surface area (Å²) in [6.45, 7) is 1.72. The summed E-state index contributed by atoms with van der Waals surface area (Å²) >= 11 is 0. The largest absolute Gasteiger partial charge is 0.297 e. The van der Waals surface area contributed by atoms with Gasteiger partial charge in [-0.25, -0.2) is 4.90 Å². The zero-order valence-corrected chi connectivity index (χ0v) is 25.4. The van der Waals surface area contributed by atoms with Gasteiger partial charge in [0, 0.05) is 12.1 Å². The van der Waals surface area contributed by atoms with E-state index in [1.165, 1.54) is 12.1 Å². The third-order valence-corrected chi connectivity index (χ3v) is 10.2. The number of rotatable bonds is 6. The standard InChI is InChI=1S/C40H28N2O5/c1-25-22-23-30(42(46)47)24-31(25)41-36(43)34-35(37(41)44)40(29-20-12-5-13-21-29)33(27-16-8-3-9-17-27)32(26-14-6-2-7-15-26)39(34,38(40)45)28-18-10-4-11-19-28/h2-24,34-35H,1H3/t34-,35+,39-,40-/m0/s1. The van der Waals surface area contributed by atoms with Gasteiger partial charge < -0.3 is 0 Å². The number of carbonyl (C=O) groups is 3. The molecule has 5 aromatic rings. The number of aryl methyl sites for hydroxylation is 1. The number of benzene rings is 5. The average Bonchev–Trinajstić information content (AvgIpc) is 3.62. The predicted molar refractivity (Wildman–Crippen MR) is 178 cm³/mol. The molecule has 0 radical (unpaired) electrons. The van der Waals surface area contributed by atoms with Crippen LogP contribution < -0.4 is 4.90 Å². The lowest BCUT2D eigenvalue weighted by Gasteiger charge is -2.39. The highest BCUT2D eigenvalue weighted by atomic mass is 16.6. The Kier molecular flexibility index (Phi) is 6.24. The van der Waals surface area contributed by atoms with Crippen molar-refractivity contribution in [1.82, 2.24) is 0 Å². The Morgan fingerprint density at radius 2 is 1.00 bits per heavy atom. The van der Waals surface area contributed by atoms with Crippen LogP contribution in [-0.2, 0) is 25.2 Å². The van der Waals surface area contributed by atoms with Crippen molar-refractivity contribution in [3.63, 3.8) is 0 Å². The molecule has 47 heavy (non-hydrogen) atoms. The zero-order valence-electron chi connectivity index (χ0n) is 25.4. The molecule has 0 unspecified atom stereocenters. The number of hydrogen-bond donors (Lipinski definition) is 0. The summed E-state index contributed by atoms with van der Waals surface area (Å²) in [4.78, 5) is 58.5. The minimum atomic E-state index is -1.54. The molecule has 228 valence electrons. The number of imide groups is 1. The van der Waals surface area contributed by atoms with Crippen molar-refractivity contribution >= 4 is 40.1 Å². The number of nitro groups is 1. The van der Waals surface area contributed by atoms with Crippen LogP contribution in [0.15, 0.2) is 140 Å². The molecule has 7 nitrogen and oxygen atoms in total. The maximum absolute atomic E-state index is 15.9. The maximum atomic E-state index is 15.9. The van der Waals surface area contributed by atoms with Crippen LogP contribution in [0, 0.1) is 28.9 Å². The first-order valence-electron chi connectivity index (χ1n) is 15.5. The van der Waals surface area contributed by atoms with Crippen LogP contribution in [0.4, 0.5) is 11.4 Å². The molecule has 4 atom stereocenters. The van der Waals surface area contributed by atoms with Crippen LogP contribution >= 0.6 is 0 Å². The minimum Gasteiger partial charge on any atom is -0.297 e. The molecule has 1 saturated carbocycles. The Balaban J connectivity index is 1.54. The van der Waals surface area contributed by atoms with Gasteiger partial charge >= 0.3 is 0 Å². The second kappa shape index (κ2) is 10.3. The lowest BCUT2D eigenvalue weighted by molar-refractivity contribution is -0.384. The summed E-state index contributed by atoms with van der Waals surface area (Å²) in [5.41, 5.74) is 1.61. The lowest BCUT2D eigenvalue weighted by atomic mass is 9.59. The van der Waals surface area contributed by atoms with Crippen LogP contribution in [0.1, 0.15) is 27.8 Å². The van der Waals surface area contributed by atoms with E-state index in [0.717, 1.165) is 16.0 Å². The summed E-state index contributed by atoms with van der Waals surface area (Å²) in [5.74, 6) is -3.51. The minimum absolute atomic E-state index is 0.157. The Hall–Kier alpha value is -5.95. The van der Waals surface area contributed by atoms with Gasteiger partial charge in [-0.1, -0.05) is 127 Å². The van der Waals surface area contributed by atoms with Crippen molar-refractivity contribution in [3.05, 3.63) is 177 Å². The highest BCUT2D eigenvalue weighted by Crippen LogP contribution is 2.74. The fraction of sp³-hybridized carbons (Fsp3) is 0.125. The van der Waals surface area contributed by atoms with Crippen molar-refractivity contribution in [2.24, 2.45) is 11.8 Å². The molecule has 0 N–H and O–H groups in total. The SMILES string of the molecule is Cc1ccc([N+](=O)[O-])cc1N1C(=O)[C@@H]2[C@H](C1=O)[C@@]1(c3ccccc3)C(=O)[C@@]2(c2ccccc2)C(c2ccccc2)=C1c1ccccc1. The molecular weight excluding hydrogens is 588 g/mol. The highest BCUT2D eigenvalue weighted by Gasteiger charge is 2.82. The maximum Gasteiger partial charge on any atom is 0.271 e. The van der Waals surface area contributed by atoms with E-state index in [9.17, 15) is 10.1 Å². The van der Waals surface area contributed by atoms with Gasteiger partial charge in [0.2, 0.25) is 11.8 Å². The first-order chi connectivity index (χ1) is 22.8. The molecule has 1 saturated heterocycles. The molecular formula is C40H28N2O5. The van der Waals surface area contributed by atoms with E-state index in [1.54, 1.807) is 13.0 Å². The number of carbonyl (C=O) groups excluding carboxylic acids is 3. The van der Waals surface area contributed by atoms with E-state index in [-0.39, 0.29) is 17.2 Å². The molecule has 0 aromatic heterocycles. The molecule has 2 bridgehead atoms. The lowest BCUT2D eigenvalue weighted by Crippen LogP contribution is -2.45. The second-order valence-electron chi connectivity index (χ2n) is 12.4. The molecule has 1 aliphatic heterocycles. The van der Waals surface area contributed by atoms with Crippen molar-refractivity contribution < 1.29 is 19.3 Å². The Morgan fingerprint density at radius 1 is 0.596 bits per heavy atom. The van der Waals surface area contributed by atoms with Crippen LogP contribution in [0.2, 0.25) is 0 Å². The van der Waals surface area contributed by atoms with E-state index in [2.05, 4.69) is 0 Å². The molecule has 2 fully saturated rings. The smallest absolute Gasteiger partial charge is 0.271 e. The third-order valence-electron chi connectivity index (χ3n) is 10.2. The summed E-state index contributed by atoms with van der Waals surface area (Å²) in [6.07, 6.45) is 0. The summed E-state index contributed by atoms with van der Waals surface area (Å²) < 4.78 is 0. The number of Topliss-reactive ketones (excluding diaryl/α,β-unsaturated/α-hetero) is 1. The Bertz CT molecular complexity index is 2030. The fourth-order valence-corrected chi connectivity index (χ4v) is 8.52. The van der Waals surface area contributed by atoms with Crippen molar-refractivity contribution in [2.75, 3.05) is 4.90 Å². The molecule has 2 aliphatic carbocycles. The Morgan fingerprint density at radius 3 is 1.40 bits per heavy atom. The third kappa shape index (κ3) is 3.59. The molecule has 0 spiro atoms. The van der Waals surface area contributed by atoms with Gasteiger partial charge in [0.15, 0.2) is 5.78 Å². The number of nitro benzene ring substituents is 1. The van der Waals surface area contributed by atoms with E-state index < -0.39 is 39.4 Å². The monoisotopic (exact) mass is 616 g/mol. The van der Waals surface area contributed by atoms with Gasteiger partial charge in [0.25, 0.3) is 5.69 Å². The van der Waals surface area contributed by atoms with Gasteiger partial charge in [-0.15, -0.1) is 0 Å². The van der Waals surface area contributed by atoms with Gasteiger partial charge in [0.1, 0.15) is 0 Å². The Labute approximate surface area is 270 Å². The molecule has 1 heterocycles. The van der Waals surface area contributed by atoms with Crippen molar-refractivity contribution in [1.29, 1.82) is 0 Å². The molecule has 7 heteroatoms. The topological polar surface area (TPSA) is 97.6 Å². The number of fused-ring (bicyclic) bond motifs is 5. The normalized spacial score (nSPS) is 24.6. The summed E-state index contributed by atoms with van der Waals surface area (Å²) in [5, 5.41) is 11.8. The van der Waals surface area contributed by atoms with Gasteiger partial charge in [-0.3, -0.25) is 24.5 Å². The van der Waals surface area contributed by atoms with Crippen LogP contribution in [0.25, 0.3) is 11.1 Å². The van der Waals surface area contributed by atoms with Crippen LogP contribution in [0.5, 0.6) is 0 Å². The summed E-state index contributed by atoms with van der Waals surface area (Å²) in [7, 11) is 0. The van der Waals surface area contributed by atoms with E-state index >= 15 is 14.4 Å². The molecule has 5 aromatic carbocycles. The number of non-ortho nitro benzene ring substituents is 1. The van der Waals surface area contributed by atoms with E-state index in [1.807, 2.05) is 121 Å². The number of nitrogens with zero attached hydrogens (tertiary/aromatic N) is 2. The fourth-order valence-electron chi connectivity index (χ4n) is 8.52. The van der Waals surface area contributed by atoms with Crippen molar-refractivity contribution in [3.8, 4) is 0 Å². The van der Waals surface area contributed by atoms with Crippen LogP contribution in [-0.4, -0.2) is 22.5 Å². The highest BCUT2D eigenvalue weighted by molar-refractivity contribution is 6.39. The van der Waals surface area contributed by atoms with E-state index in [4.69, 9.17) is 0 Å². The van der Waals surface area contributed by atoms with Crippen LogP contribution in [0.3, 0.4) is 0 Å². The van der Waals surface area contributed by atoms with Gasteiger partial charge in [-0.2, -0.15) is 0 Å². The first-order valence-corrected chi connectivity index (χ1v) is 15.5. The second-order valence-corrected chi connectivity index (χ2v) is 12.4.